The lowest BCUT2D eigenvalue weighted by Crippen LogP contribution is -2.25. The van der Waals surface area contributed by atoms with Gasteiger partial charge in [0.25, 0.3) is 5.91 Å². The van der Waals surface area contributed by atoms with Crippen LogP contribution in [0, 0.1) is 13.8 Å². The van der Waals surface area contributed by atoms with Crippen molar-refractivity contribution in [2.24, 2.45) is 5.10 Å². The van der Waals surface area contributed by atoms with Crippen molar-refractivity contribution in [1.29, 1.82) is 0 Å². The number of halogens is 1. The van der Waals surface area contributed by atoms with Crippen LogP contribution in [0.15, 0.2) is 59.7 Å². The van der Waals surface area contributed by atoms with E-state index in [1.165, 1.54) is 7.11 Å². The van der Waals surface area contributed by atoms with Crippen molar-refractivity contribution < 1.29 is 14.3 Å². The molecule has 0 atom stereocenters. The molecular weight excluding hydrogens is 416 g/mol. The lowest BCUT2D eigenvalue weighted by molar-refractivity contribution is -0.119. The number of aromatic nitrogens is 1. The van der Waals surface area contributed by atoms with Gasteiger partial charge in [-0.2, -0.15) is 5.10 Å². The molecule has 31 heavy (non-hydrogen) atoms. The van der Waals surface area contributed by atoms with Crippen molar-refractivity contribution in [3.63, 3.8) is 0 Å². The molecule has 0 saturated heterocycles. The van der Waals surface area contributed by atoms with E-state index >= 15 is 0 Å². The molecule has 1 amide bonds. The zero-order valence-corrected chi connectivity index (χ0v) is 18.2. The number of amides is 1. The van der Waals surface area contributed by atoms with Crippen LogP contribution in [-0.2, 0) is 9.53 Å². The van der Waals surface area contributed by atoms with Gasteiger partial charge in [0.1, 0.15) is 0 Å². The largest absolute Gasteiger partial charge is 0.465 e. The molecule has 0 fully saturated rings. The van der Waals surface area contributed by atoms with E-state index in [9.17, 15) is 9.59 Å². The fourth-order valence-electron chi connectivity index (χ4n) is 3.17. The van der Waals surface area contributed by atoms with Crippen LogP contribution in [0.3, 0.4) is 0 Å². The summed E-state index contributed by atoms with van der Waals surface area (Å²) in [4.78, 5) is 23.9. The van der Waals surface area contributed by atoms with Crippen LogP contribution >= 0.6 is 11.6 Å². The van der Waals surface area contributed by atoms with Crippen LogP contribution < -0.4 is 10.7 Å². The lowest BCUT2D eigenvalue weighted by Gasteiger charge is -2.11. The summed E-state index contributed by atoms with van der Waals surface area (Å²) in [5, 5.41) is 7.70. The fourth-order valence-corrected chi connectivity index (χ4v) is 3.29. The quantitative estimate of drug-likeness (QED) is 0.330. The monoisotopic (exact) mass is 438 g/mol. The number of hydrazone groups is 1. The maximum absolute atomic E-state index is 12.0. The van der Waals surface area contributed by atoms with Gasteiger partial charge in [0.15, 0.2) is 0 Å². The van der Waals surface area contributed by atoms with E-state index < -0.39 is 0 Å². The number of hydrogen-bond donors (Lipinski definition) is 2. The second kappa shape index (κ2) is 9.95. The Labute approximate surface area is 185 Å². The summed E-state index contributed by atoms with van der Waals surface area (Å²) in [5.41, 5.74) is 7.37. The van der Waals surface area contributed by atoms with Crippen molar-refractivity contribution in [1.82, 2.24) is 9.99 Å². The third kappa shape index (κ3) is 5.52. The van der Waals surface area contributed by atoms with E-state index in [4.69, 9.17) is 16.3 Å². The highest BCUT2D eigenvalue weighted by Crippen LogP contribution is 2.21. The van der Waals surface area contributed by atoms with Gasteiger partial charge in [-0.05, 0) is 62.4 Å². The Morgan fingerprint density at radius 3 is 2.58 bits per heavy atom. The van der Waals surface area contributed by atoms with Gasteiger partial charge in [0.05, 0.1) is 25.4 Å². The molecule has 2 N–H and O–H groups in total. The number of aryl methyl sites for hydroxylation is 1. The molecule has 0 aliphatic rings. The lowest BCUT2D eigenvalue weighted by atomic mass is 10.2. The highest BCUT2D eigenvalue weighted by atomic mass is 35.5. The van der Waals surface area contributed by atoms with Gasteiger partial charge in [-0.15, -0.1) is 0 Å². The smallest absolute Gasteiger partial charge is 0.337 e. The highest BCUT2D eigenvalue weighted by molar-refractivity contribution is 6.30. The highest BCUT2D eigenvalue weighted by Gasteiger charge is 2.12. The van der Waals surface area contributed by atoms with E-state index in [1.807, 2.05) is 36.6 Å². The SMILES string of the molecule is COC(=O)c1cccc(-n2c(C)cc(/C=N\NC(=O)CNc3ccc(Cl)cc3)c2C)c1. The minimum Gasteiger partial charge on any atom is -0.465 e. The summed E-state index contributed by atoms with van der Waals surface area (Å²) in [6.45, 7) is 3.99. The number of esters is 1. The van der Waals surface area contributed by atoms with Crippen molar-refractivity contribution in [2.45, 2.75) is 13.8 Å². The molecule has 0 aliphatic heterocycles. The Balaban J connectivity index is 1.66. The summed E-state index contributed by atoms with van der Waals surface area (Å²) in [7, 11) is 1.36. The minimum atomic E-state index is -0.388. The molecule has 2 aromatic carbocycles. The summed E-state index contributed by atoms with van der Waals surface area (Å²) < 4.78 is 6.81. The van der Waals surface area contributed by atoms with E-state index in [1.54, 1.807) is 42.6 Å². The number of benzene rings is 2. The van der Waals surface area contributed by atoms with Gasteiger partial charge >= 0.3 is 5.97 Å². The first-order valence-corrected chi connectivity index (χ1v) is 9.96. The first kappa shape index (κ1) is 22.1. The number of carbonyl (C=O) groups excluding carboxylic acids is 2. The number of carbonyl (C=O) groups is 2. The standard InChI is InChI=1S/C23H23ClN4O3/c1-15-11-18(13-26-27-22(29)14-25-20-9-7-19(24)8-10-20)16(2)28(15)21-6-4-5-17(12-21)23(30)31-3/h4-13,25H,14H2,1-3H3,(H,27,29)/b26-13-. The van der Waals surface area contributed by atoms with Crippen molar-refractivity contribution >= 4 is 35.4 Å². The van der Waals surface area contributed by atoms with Crippen molar-refractivity contribution in [3.05, 3.63) is 82.1 Å². The van der Waals surface area contributed by atoms with Crippen LogP contribution in [-0.4, -0.2) is 36.3 Å². The normalized spacial score (nSPS) is 10.8. The van der Waals surface area contributed by atoms with E-state index in [2.05, 4.69) is 15.8 Å². The van der Waals surface area contributed by atoms with Crippen molar-refractivity contribution in [3.8, 4) is 5.69 Å². The van der Waals surface area contributed by atoms with Gasteiger partial charge in [-0.3, -0.25) is 4.79 Å². The Hall–Kier alpha value is -3.58. The van der Waals surface area contributed by atoms with Gasteiger partial charge in [0, 0.05) is 33.3 Å². The van der Waals surface area contributed by atoms with Crippen LogP contribution in [0.25, 0.3) is 5.69 Å². The van der Waals surface area contributed by atoms with Crippen LogP contribution in [0.4, 0.5) is 5.69 Å². The second-order valence-electron chi connectivity index (χ2n) is 6.86. The number of methoxy groups -OCH3 is 1. The maximum atomic E-state index is 12.0. The number of nitrogens with one attached hydrogen (secondary N) is 2. The third-order valence-electron chi connectivity index (χ3n) is 4.69. The molecule has 0 radical (unpaired) electrons. The topological polar surface area (TPSA) is 84.7 Å². The maximum Gasteiger partial charge on any atom is 0.337 e. The molecule has 3 rings (SSSR count). The molecule has 0 saturated carbocycles. The number of rotatable bonds is 7. The van der Waals surface area contributed by atoms with Gasteiger partial charge in [-0.1, -0.05) is 17.7 Å². The van der Waals surface area contributed by atoms with Crippen LogP contribution in [0.2, 0.25) is 5.02 Å². The summed E-state index contributed by atoms with van der Waals surface area (Å²) in [6.07, 6.45) is 1.60. The molecule has 0 unspecified atom stereocenters. The van der Waals surface area contributed by atoms with Gasteiger partial charge in [0.2, 0.25) is 0 Å². The minimum absolute atomic E-state index is 0.0817. The summed E-state index contributed by atoms with van der Waals surface area (Å²) in [6, 6.07) is 16.2. The zero-order chi connectivity index (χ0) is 22.4. The predicted molar refractivity (Wildman–Crippen MR) is 122 cm³/mol. The van der Waals surface area contributed by atoms with Crippen molar-refractivity contribution in [2.75, 3.05) is 19.0 Å². The average Bonchev–Trinajstić information content (AvgIpc) is 3.05. The molecule has 3 aromatic rings. The van der Waals surface area contributed by atoms with Crippen LogP contribution in [0.1, 0.15) is 27.3 Å². The molecule has 7 nitrogen and oxygen atoms in total. The number of anilines is 1. The third-order valence-corrected chi connectivity index (χ3v) is 4.94. The van der Waals surface area contributed by atoms with Gasteiger partial charge < -0.3 is 14.6 Å². The zero-order valence-electron chi connectivity index (χ0n) is 17.5. The Morgan fingerprint density at radius 1 is 1.13 bits per heavy atom. The summed E-state index contributed by atoms with van der Waals surface area (Å²) >= 11 is 5.85. The molecular formula is C23H23ClN4O3. The molecule has 0 aliphatic carbocycles. The summed E-state index contributed by atoms with van der Waals surface area (Å²) in [5.74, 6) is -0.660. The molecule has 160 valence electrons. The van der Waals surface area contributed by atoms with Crippen LogP contribution in [0.5, 0.6) is 0 Å². The Kier molecular flexibility index (Phi) is 7.10. The molecule has 0 bridgehead atoms. The number of nitrogens with zero attached hydrogens (tertiary/aromatic N) is 2. The number of ether oxygens (including phenoxy) is 1. The predicted octanol–water partition coefficient (Wildman–Crippen LogP) is 4.10. The second-order valence-corrected chi connectivity index (χ2v) is 7.29. The molecule has 8 heteroatoms. The first-order valence-electron chi connectivity index (χ1n) is 9.58. The van der Waals surface area contributed by atoms with E-state index in [-0.39, 0.29) is 18.4 Å². The average molecular weight is 439 g/mol. The molecule has 0 spiro atoms. The van der Waals surface area contributed by atoms with E-state index in [0.29, 0.717) is 10.6 Å². The fraction of sp³-hybridized carbons (Fsp3) is 0.174. The Morgan fingerprint density at radius 2 is 1.87 bits per heavy atom. The Bertz CT molecular complexity index is 1120. The van der Waals surface area contributed by atoms with E-state index in [0.717, 1.165) is 28.3 Å². The van der Waals surface area contributed by atoms with Gasteiger partial charge in [-0.25, -0.2) is 10.2 Å². The molecule has 1 heterocycles. The first-order chi connectivity index (χ1) is 14.9. The molecule has 1 aromatic heterocycles. The number of hydrogen-bond acceptors (Lipinski definition) is 5.